The molecule has 4 unspecified atom stereocenters. The molecule has 2 aliphatic rings. The van der Waals surface area contributed by atoms with E-state index in [1.54, 1.807) is 24.1 Å². The van der Waals surface area contributed by atoms with Crippen LogP contribution in [0.5, 0.6) is 0 Å². The lowest BCUT2D eigenvalue weighted by atomic mass is 9.74. The van der Waals surface area contributed by atoms with Gasteiger partial charge in [0.05, 0.1) is 22.8 Å². The van der Waals surface area contributed by atoms with Gasteiger partial charge in [0.1, 0.15) is 5.82 Å². The SMILES string of the molecule is COCCCCC(O)(c1cccc(Cl)c1F)C1CCCN(C(=O)NC(CC2CCCCC2)C(O)CN)C1. The highest BCUT2D eigenvalue weighted by molar-refractivity contribution is 6.30. The van der Waals surface area contributed by atoms with Crippen molar-refractivity contribution in [3.05, 3.63) is 34.6 Å². The Bertz CT molecular complexity index is 857. The van der Waals surface area contributed by atoms with Gasteiger partial charge in [-0.25, -0.2) is 9.18 Å². The molecule has 1 aromatic carbocycles. The highest BCUT2D eigenvalue weighted by Crippen LogP contribution is 2.42. The fourth-order valence-electron chi connectivity index (χ4n) is 6.10. The van der Waals surface area contributed by atoms with Crippen LogP contribution in [0.3, 0.4) is 0 Å². The Hall–Kier alpha value is -1.45. The number of carbonyl (C=O) groups excluding carboxylic acids is 1. The normalized spacial score (nSPS) is 22.3. The number of methoxy groups -OCH3 is 1. The zero-order chi connectivity index (χ0) is 26.8. The number of piperidine rings is 1. The number of nitrogens with one attached hydrogen (secondary N) is 1. The van der Waals surface area contributed by atoms with Gasteiger partial charge in [-0.15, -0.1) is 0 Å². The first-order chi connectivity index (χ1) is 17.8. The summed E-state index contributed by atoms with van der Waals surface area (Å²) >= 11 is 6.09. The lowest BCUT2D eigenvalue weighted by molar-refractivity contribution is -0.0589. The summed E-state index contributed by atoms with van der Waals surface area (Å²) in [5, 5.41) is 25.6. The van der Waals surface area contributed by atoms with Crippen molar-refractivity contribution in [2.75, 3.05) is 33.4 Å². The summed E-state index contributed by atoms with van der Waals surface area (Å²) in [5.74, 6) is -0.505. The first-order valence-electron chi connectivity index (χ1n) is 13.9. The Morgan fingerprint density at radius 3 is 2.73 bits per heavy atom. The number of nitrogens with zero attached hydrogens (tertiary/aromatic N) is 1. The average Bonchev–Trinajstić information content (AvgIpc) is 2.92. The van der Waals surface area contributed by atoms with Crippen LogP contribution in [0.15, 0.2) is 18.2 Å². The van der Waals surface area contributed by atoms with Crippen molar-refractivity contribution in [2.45, 2.75) is 88.4 Å². The van der Waals surface area contributed by atoms with E-state index in [1.807, 2.05) is 0 Å². The van der Waals surface area contributed by atoms with Crippen LogP contribution in [0.2, 0.25) is 5.02 Å². The number of aliphatic hydroxyl groups is 2. The Morgan fingerprint density at radius 1 is 1.27 bits per heavy atom. The Labute approximate surface area is 225 Å². The largest absolute Gasteiger partial charge is 0.390 e. The minimum atomic E-state index is -1.47. The van der Waals surface area contributed by atoms with Gasteiger partial charge in [-0.2, -0.15) is 0 Å². The predicted octanol–water partition coefficient (Wildman–Crippen LogP) is 4.56. The number of amides is 2. The molecule has 7 nitrogen and oxygen atoms in total. The lowest BCUT2D eigenvalue weighted by Crippen LogP contribution is -2.55. The number of nitrogens with two attached hydrogens (primary N) is 1. The summed E-state index contributed by atoms with van der Waals surface area (Å²) in [7, 11) is 1.63. The third-order valence-electron chi connectivity index (χ3n) is 8.29. The number of likely N-dealkylation sites (tertiary alicyclic amines) is 1. The van der Waals surface area contributed by atoms with Gasteiger partial charge >= 0.3 is 6.03 Å². The molecule has 1 aliphatic heterocycles. The molecule has 2 fully saturated rings. The molecule has 210 valence electrons. The Balaban J connectivity index is 1.74. The zero-order valence-electron chi connectivity index (χ0n) is 22.1. The number of urea groups is 1. The van der Waals surface area contributed by atoms with Crippen LogP contribution < -0.4 is 11.1 Å². The van der Waals surface area contributed by atoms with Gasteiger partial charge in [0.15, 0.2) is 0 Å². The van der Waals surface area contributed by atoms with E-state index in [1.165, 1.54) is 25.3 Å². The number of unbranched alkanes of at least 4 members (excludes halogenated alkanes) is 1. The molecule has 0 aromatic heterocycles. The van der Waals surface area contributed by atoms with E-state index in [0.717, 1.165) is 19.3 Å². The first-order valence-corrected chi connectivity index (χ1v) is 14.3. The summed E-state index contributed by atoms with van der Waals surface area (Å²) in [6, 6.07) is 4.03. The molecule has 1 saturated carbocycles. The summed E-state index contributed by atoms with van der Waals surface area (Å²) < 4.78 is 20.3. The van der Waals surface area contributed by atoms with Gasteiger partial charge in [-0.3, -0.25) is 0 Å². The number of carbonyl (C=O) groups is 1. The van der Waals surface area contributed by atoms with Gasteiger partial charge in [0, 0.05) is 44.8 Å². The number of rotatable bonds is 12. The third kappa shape index (κ3) is 8.02. The number of hydrogen-bond donors (Lipinski definition) is 4. The molecule has 9 heteroatoms. The predicted molar refractivity (Wildman–Crippen MR) is 144 cm³/mol. The van der Waals surface area contributed by atoms with Gasteiger partial charge in [0.2, 0.25) is 0 Å². The second kappa shape index (κ2) is 14.6. The highest BCUT2D eigenvalue weighted by atomic mass is 35.5. The summed E-state index contributed by atoms with van der Waals surface area (Å²) in [4.78, 5) is 15.1. The molecule has 2 amide bonds. The second-order valence-corrected chi connectivity index (χ2v) is 11.3. The number of benzene rings is 1. The van der Waals surface area contributed by atoms with Crippen molar-refractivity contribution in [3.63, 3.8) is 0 Å². The number of hydrogen-bond acceptors (Lipinski definition) is 5. The topological polar surface area (TPSA) is 108 Å². The highest BCUT2D eigenvalue weighted by Gasteiger charge is 2.43. The quantitative estimate of drug-likeness (QED) is 0.290. The maximum absolute atomic E-state index is 15.2. The lowest BCUT2D eigenvalue weighted by Gasteiger charge is -2.43. The van der Waals surface area contributed by atoms with E-state index in [2.05, 4.69) is 5.32 Å². The molecule has 4 atom stereocenters. The van der Waals surface area contributed by atoms with E-state index >= 15 is 4.39 Å². The summed E-state index contributed by atoms with van der Waals surface area (Å²) in [6.45, 7) is 1.46. The zero-order valence-corrected chi connectivity index (χ0v) is 22.9. The standard InChI is InChI=1S/C28H45ClFN3O4/c1-37-16-6-5-14-28(36,22-12-7-13-23(29)26(22)30)21-11-8-15-33(19-21)27(35)32-24(25(34)18-31)17-20-9-3-2-4-10-20/h7,12-13,20-21,24-25,34,36H,2-6,8-11,14-19,31H2,1H3,(H,32,35). The van der Waals surface area contributed by atoms with Gasteiger partial charge < -0.3 is 30.9 Å². The molecule has 0 radical (unpaired) electrons. The smallest absolute Gasteiger partial charge is 0.317 e. The van der Waals surface area contributed by atoms with Crippen LogP contribution in [-0.4, -0.2) is 66.6 Å². The molecule has 1 saturated heterocycles. The first kappa shape index (κ1) is 30.1. The van der Waals surface area contributed by atoms with Crippen molar-refractivity contribution in [3.8, 4) is 0 Å². The molecule has 37 heavy (non-hydrogen) atoms. The summed E-state index contributed by atoms with van der Waals surface area (Å²) in [5.41, 5.74) is 4.47. The van der Waals surface area contributed by atoms with Crippen molar-refractivity contribution in [1.29, 1.82) is 0 Å². The van der Waals surface area contributed by atoms with Crippen LogP contribution in [0.4, 0.5) is 9.18 Å². The maximum atomic E-state index is 15.2. The van der Waals surface area contributed by atoms with E-state index in [4.69, 9.17) is 22.1 Å². The van der Waals surface area contributed by atoms with Crippen LogP contribution >= 0.6 is 11.6 Å². The molecule has 1 aromatic rings. The number of halogens is 2. The van der Waals surface area contributed by atoms with Gasteiger partial charge in [-0.1, -0.05) is 55.8 Å². The van der Waals surface area contributed by atoms with Crippen molar-refractivity contribution in [2.24, 2.45) is 17.6 Å². The van der Waals surface area contributed by atoms with Gasteiger partial charge in [-0.05, 0) is 50.5 Å². The Kier molecular flexibility index (Phi) is 11.9. The number of ether oxygens (including phenoxy) is 1. The monoisotopic (exact) mass is 541 g/mol. The van der Waals surface area contributed by atoms with E-state index < -0.39 is 23.6 Å². The van der Waals surface area contributed by atoms with E-state index in [-0.39, 0.29) is 35.6 Å². The van der Waals surface area contributed by atoms with Crippen LogP contribution in [0.25, 0.3) is 0 Å². The van der Waals surface area contributed by atoms with E-state index in [0.29, 0.717) is 51.2 Å². The molecule has 5 N–H and O–H groups in total. The summed E-state index contributed by atoms with van der Waals surface area (Å²) in [6.07, 6.45) is 8.77. The average molecular weight is 542 g/mol. The molecular weight excluding hydrogens is 497 g/mol. The molecule has 1 heterocycles. The minimum absolute atomic E-state index is 0.0282. The van der Waals surface area contributed by atoms with Crippen molar-refractivity contribution < 1.29 is 24.1 Å². The van der Waals surface area contributed by atoms with Crippen LogP contribution in [-0.2, 0) is 10.3 Å². The van der Waals surface area contributed by atoms with Crippen LogP contribution in [0.1, 0.15) is 76.2 Å². The molecule has 1 aliphatic carbocycles. The van der Waals surface area contributed by atoms with Crippen molar-refractivity contribution >= 4 is 17.6 Å². The van der Waals surface area contributed by atoms with Crippen molar-refractivity contribution in [1.82, 2.24) is 10.2 Å². The molecule has 3 rings (SSSR count). The molecule has 0 spiro atoms. The third-order valence-corrected chi connectivity index (χ3v) is 8.58. The second-order valence-electron chi connectivity index (χ2n) is 10.9. The number of aliphatic hydroxyl groups excluding tert-OH is 1. The Morgan fingerprint density at radius 2 is 2.03 bits per heavy atom. The van der Waals surface area contributed by atoms with Gasteiger partial charge in [0.25, 0.3) is 0 Å². The molecule has 0 bridgehead atoms. The van der Waals surface area contributed by atoms with Crippen LogP contribution in [0, 0.1) is 17.7 Å². The fraction of sp³-hybridized carbons (Fsp3) is 0.750. The minimum Gasteiger partial charge on any atom is -0.390 e. The molecular formula is C28H45ClFN3O4. The fourth-order valence-corrected chi connectivity index (χ4v) is 6.27. The maximum Gasteiger partial charge on any atom is 0.317 e. The van der Waals surface area contributed by atoms with E-state index in [9.17, 15) is 15.0 Å².